The molecule has 39 heavy (non-hydrogen) atoms. The Kier molecular flexibility index (Phi) is 7.52. The molecule has 2 heterocycles. The van der Waals surface area contributed by atoms with Gasteiger partial charge in [-0.2, -0.15) is 5.10 Å². The third kappa shape index (κ3) is 5.31. The predicted molar refractivity (Wildman–Crippen MR) is 153 cm³/mol. The van der Waals surface area contributed by atoms with Crippen molar-refractivity contribution in [2.45, 2.75) is 37.8 Å². The fourth-order valence-corrected chi connectivity index (χ4v) is 5.38. The third-order valence-corrected chi connectivity index (χ3v) is 7.61. The van der Waals surface area contributed by atoms with Gasteiger partial charge < -0.3 is 19.9 Å². The summed E-state index contributed by atoms with van der Waals surface area (Å²) in [7, 11) is 9.17. The number of aromatic nitrogens is 3. The number of fused-ring (bicyclic) bond motifs is 1. The van der Waals surface area contributed by atoms with Crippen molar-refractivity contribution in [3.63, 3.8) is 0 Å². The molecule has 0 unspecified atom stereocenters. The van der Waals surface area contributed by atoms with E-state index in [2.05, 4.69) is 39.5 Å². The van der Waals surface area contributed by atoms with E-state index in [1.807, 2.05) is 30.3 Å². The molecule has 1 amide bonds. The molecule has 1 aliphatic rings. The Morgan fingerprint density at radius 3 is 2.49 bits per heavy atom. The number of H-pyrrole nitrogens is 1. The molecule has 204 valence electrons. The van der Waals surface area contributed by atoms with E-state index in [-0.39, 0.29) is 17.6 Å². The largest absolute Gasteiger partial charge is 0.496 e. The summed E-state index contributed by atoms with van der Waals surface area (Å²) in [6.07, 6.45) is 5.58. The molecule has 9 heteroatoms. The third-order valence-electron chi connectivity index (χ3n) is 7.61. The van der Waals surface area contributed by atoms with Gasteiger partial charge in [0.2, 0.25) is 0 Å². The first kappa shape index (κ1) is 26.6. The fourth-order valence-electron chi connectivity index (χ4n) is 5.38. The van der Waals surface area contributed by atoms with E-state index in [9.17, 15) is 4.79 Å². The molecule has 8 nitrogen and oxygen atoms in total. The van der Waals surface area contributed by atoms with E-state index in [1.165, 1.54) is 11.0 Å². The molecule has 1 saturated carbocycles. The van der Waals surface area contributed by atoms with Crippen LogP contribution >= 0.6 is 0 Å². The monoisotopic (exact) mass is 530 g/mol. The number of rotatable bonds is 7. The SMILES string of the molecule is COc1ccccc1-c1n[nH]c2ncc(-c3cc(F)c(NC4CCC(N(C)C)CC4)c(C(=O)N(C)C)c3)cc12. The number of hydrogen-bond acceptors (Lipinski definition) is 6. The molecule has 4 aromatic rings. The van der Waals surface area contributed by atoms with Gasteiger partial charge in [0, 0.05) is 48.9 Å². The van der Waals surface area contributed by atoms with E-state index in [1.54, 1.807) is 33.5 Å². The van der Waals surface area contributed by atoms with Gasteiger partial charge in [0.05, 0.1) is 18.4 Å². The first-order chi connectivity index (χ1) is 18.8. The molecule has 5 rings (SSSR count). The zero-order valence-electron chi connectivity index (χ0n) is 23.1. The number of amides is 1. The van der Waals surface area contributed by atoms with Gasteiger partial charge in [-0.3, -0.25) is 9.89 Å². The number of hydrogen-bond donors (Lipinski definition) is 2. The summed E-state index contributed by atoms with van der Waals surface area (Å²) >= 11 is 0. The molecule has 2 aromatic heterocycles. The number of carbonyl (C=O) groups is 1. The molecule has 1 fully saturated rings. The smallest absolute Gasteiger partial charge is 0.255 e. The Balaban J connectivity index is 1.53. The van der Waals surface area contributed by atoms with Crippen molar-refractivity contribution in [3.8, 4) is 28.1 Å². The summed E-state index contributed by atoms with van der Waals surface area (Å²) < 4.78 is 21.3. The summed E-state index contributed by atoms with van der Waals surface area (Å²) in [5.41, 5.74) is 3.94. The average molecular weight is 531 g/mol. The van der Waals surface area contributed by atoms with Crippen LogP contribution in [0.3, 0.4) is 0 Å². The van der Waals surface area contributed by atoms with E-state index < -0.39 is 5.82 Å². The number of methoxy groups -OCH3 is 1. The van der Waals surface area contributed by atoms with Crippen LogP contribution in [-0.2, 0) is 0 Å². The first-order valence-electron chi connectivity index (χ1n) is 13.2. The molecule has 2 N–H and O–H groups in total. The Labute approximate surface area is 228 Å². The topological polar surface area (TPSA) is 86.4 Å². The number of benzene rings is 2. The van der Waals surface area contributed by atoms with Crippen LogP contribution in [0.25, 0.3) is 33.4 Å². The molecule has 1 aliphatic carbocycles. The van der Waals surface area contributed by atoms with E-state index in [0.717, 1.165) is 36.6 Å². The maximum atomic E-state index is 15.8. The lowest BCUT2D eigenvalue weighted by atomic mass is 9.90. The van der Waals surface area contributed by atoms with Gasteiger partial charge in [0.15, 0.2) is 5.65 Å². The van der Waals surface area contributed by atoms with Gasteiger partial charge in [0.1, 0.15) is 17.3 Å². The van der Waals surface area contributed by atoms with Crippen molar-refractivity contribution in [3.05, 3.63) is 60.0 Å². The number of anilines is 1. The van der Waals surface area contributed by atoms with Crippen molar-refractivity contribution < 1.29 is 13.9 Å². The van der Waals surface area contributed by atoms with Crippen molar-refractivity contribution in [1.82, 2.24) is 25.0 Å². The lowest BCUT2D eigenvalue weighted by Crippen LogP contribution is -2.36. The van der Waals surface area contributed by atoms with Gasteiger partial charge in [-0.1, -0.05) is 12.1 Å². The van der Waals surface area contributed by atoms with Crippen LogP contribution in [-0.4, -0.2) is 78.3 Å². The summed E-state index contributed by atoms with van der Waals surface area (Å²) in [6.45, 7) is 0. The van der Waals surface area contributed by atoms with Gasteiger partial charge in [-0.05, 0) is 75.7 Å². The number of aromatic amines is 1. The van der Waals surface area contributed by atoms with E-state index >= 15 is 4.39 Å². The molecule has 2 aromatic carbocycles. The summed E-state index contributed by atoms with van der Waals surface area (Å²) in [4.78, 5) is 21.5. The zero-order chi connectivity index (χ0) is 27.7. The van der Waals surface area contributed by atoms with Crippen LogP contribution in [0, 0.1) is 5.82 Å². The Morgan fingerprint density at radius 1 is 1.05 bits per heavy atom. The van der Waals surface area contributed by atoms with Crippen molar-refractivity contribution in [1.29, 1.82) is 0 Å². The maximum absolute atomic E-state index is 15.8. The molecular formula is C30H35FN6O2. The molecule has 0 aliphatic heterocycles. The quantitative estimate of drug-likeness (QED) is 0.332. The minimum absolute atomic E-state index is 0.114. The minimum atomic E-state index is -0.454. The van der Waals surface area contributed by atoms with Gasteiger partial charge in [0.25, 0.3) is 5.91 Å². The van der Waals surface area contributed by atoms with Crippen LogP contribution in [0.1, 0.15) is 36.0 Å². The second-order valence-electron chi connectivity index (χ2n) is 10.6. The summed E-state index contributed by atoms with van der Waals surface area (Å²) in [5.74, 6) is -0.0202. The normalized spacial score (nSPS) is 17.4. The highest BCUT2D eigenvalue weighted by atomic mass is 19.1. The zero-order valence-corrected chi connectivity index (χ0v) is 23.1. The Morgan fingerprint density at radius 2 is 1.79 bits per heavy atom. The Bertz CT molecular complexity index is 1490. The molecule has 0 bridgehead atoms. The van der Waals surface area contributed by atoms with Crippen molar-refractivity contribution in [2.75, 3.05) is 40.6 Å². The highest BCUT2D eigenvalue weighted by molar-refractivity contribution is 6.01. The van der Waals surface area contributed by atoms with Crippen LogP contribution in [0.4, 0.5) is 10.1 Å². The second kappa shape index (κ2) is 11.0. The average Bonchev–Trinajstić information content (AvgIpc) is 3.37. The van der Waals surface area contributed by atoms with Gasteiger partial charge in [-0.25, -0.2) is 9.37 Å². The van der Waals surface area contributed by atoms with Crippen molar-refractivity contribution in [2.24, 2.45) is 0 Å². The van der Waals surface area contributed by atoms with Gasteiger partial charge in [-0.15, -0.1) is 0 Å². The lowest BCUT2D eigenvalue weighted by Gasteiger charge is -2.34. The highest BCUT2D eigenvalue weighted by Gasteiger charge is 2.26. The van der Waals surface area contributed by atoms with Crippen LogP contribution in [0.5, 0.6) is 5.75 Å². The summed E-state index contributed by atoms with van der Waals surface area (Å²) in [5, 5.41) is 11.6. The standard InChI is InChI=1S/C30H35FN6O2/c1-36(2)21-12-10-20(11-13-21)33-28-24(30(38)37(3)4)14-18(16-25(28)31)19-15-23-27(34-35-29(23)32-17-19)22-8-6-7-9-26(22)39-5/h6-9,14-17,20-21,33H,10-13H2,1-5H3,(H,32,34,35). The maximum Gasteiger partial charge on any atom is 0.255 e. The number of nitrogens with one attached hydrogen (secondary N) is 2. The number of para-hydroxylation sites is 1. The lowest BCUT2D eigenvalue weighted by molar-refractivity contribution is 0.0828. The van der Waals surface area contributed by atoms with Crippen molar-refractivity contribution >= 4 is 22.6 Å². The first-order valence-corrected chi connectivity index (χ1v) is 13.2. The molecule has 0 atom stereocenters. The molecule has 0 spiro atoms. The van der Waals surface area contributed by atoms with E-state index in [0.29, 0.717) is 39.8 Å². The molecule has 0 saturated heterocycles. The number of halogens is 1. The second-order valence-corrected chi connectivity index (χ2v) is 10.6. The molecule has 0 radical (unpaired) electrons. The van der Waals surface area contributed by atoms with Crippen LogP contribution in [0.15, 0.2) is 48.7 Å². The van der Waals surface area contributed by atoms with Crippen LogP contribution < -0.4 is 10.1 Å². The highest BCUT2D eigenvalue weighted by Crippen LogP contribution is 2.36. The fraction of sp³-hybridized carbons (Fsp3) is 0.367. The van der Waals surface area contributed by atoms with E-state index in [4.69, 9.17) is 4.74 Å². The number of nitrogens with zero attached hydrogens (tertiary/aromatic N) is 4. The predicted octanol–water partition coefficient (Wildman–Crippen LogP) is 5.43. The Hall–Kier alpha value is -3.98. The summed E-state index contributed by atoms with van der Waals surface area (Å²) in [6, 6.07) is 13.4. The van der Waals surface area contributed by atoms with Crippen LogP contribution in [0.2, 0.25) is 0 Å². The molecular weight excluding hydrogens is 495 g/mol. The number of ether oxygens (including phenoxy) is 1. The minimum Gasteiger partial charge on any atom is -0.496 e. The number of carbonyl (C=O) groups excluding carboxylic acids is 1. The van der Waals surface area contributed by atoms with Gasteiger partial charge >= 0.3 is 0 Å². The number of pyridine rings is 1.